The predicted molar refractivity (Wildman–Crippen MR) is 165 cm³/mol. The van der Waals surface area contributed by atoms with E-state index < -0.39 is 15.1 Å². The minimum Gasteiger partial charge on any atom is -0.494 e. The Bertz CT molecular complexity index is 1590. The number of ether oxygens (including phenoxy) is 1. The SMILES string of the molecule is COc1cc(N2CCC(N(C)C)CC2)ccc1Nc1nc(Nc2ccccc2S(=O)(=O)C(C)C)c2ccsc2n1. The Balaban J connectivity index is 1.43. The number of hydrogen-bond acceptors (Lipinski definition) is 10. The second-order valence-corrected chi connectivity index (χ2v) is 13.8. The van der Waals surface area contributed by atoms with Crippen LogP contribution in [0, 0.1) is 0 Å². The summed E-state index contributed by atoms with van der Waals surface area (Å²) in [6.45, 7) is 5.36. The van der Waals surface area contributed by atoms with Crippen molar-refractivity contribution in [3.8, 4) is 5.75 Å². The van der Waals surface area contributed by atoms with Crippen molar-refractivity contribution in [2.45, 2.75) is 42.9 Å². The summed E-state index contributed by atoms with van der Waals surface area (Å²) in [5, 5.41) is 8.81. The molecular weight excluding hydrogens is 544 g/mol. The minimum atomic E-state index is -3.50. The molecule has 1 aliphatic heterocycles. The van der Waals surface area contributed by atoms with Crippen LogP contribution in [0.2, 0.25) is 0 Å². The summed E-state index contributed by atoms with van der Waals surface area (Å²) in [6, 6.07) is 15.6. The van der Waals surface area contributed by atoms with Crippen molar-refractivity contribution in [1.29, 1.82) is 0 Å². The molecule has 0 atom stereocenters. The second kappa shape index (κ2) is 11.6. The topological polar surface area (TPSA) is 99.7 Å². The molecule has 4 aromatic rings. The van der Waals surface area contributed by atoms with Crippen molar-refractivity contribution in [3.63, 3.8) is 0 Å². The monoisotopic (exact) mass is 580 g/mol. The molecule has 0 saturated carbocycles. The average molecular weight is 581 g/mol. The molecule has 212 valence electrons. The number of sulfone groups is 1. The predicted octanol–water partition coefficient (Wildman–Crippen LogP) is 5.90. The van der Waals surface area contributed by atoms with Gasteiger partial charge in [0.1, 0.15) is 16.4 Å². The summed E-state index contributed by atoms with van der Waals surface area (Å²) in [5.74, 6) is 1.61. The maximum atomic E-state index is 13.0. The summed E-state index contributed by atoms with van der Waals surface area (Å²) in [7, 11) is 2.45. The summed E-state index contributed by atoms with van der Waals surface area (Å²) in [6.07, 6.45) is 2.25. The molecule has 0 unspecified atom stereocenters. The largest absolute Gasteiger partial charge is 0.494 e. The van der Waals surface area contributed by atoms with Crippen LogP contribution < -0.4 is 20.3 Å². The molecule has 11 heteroatoms. The number of para-hydroxylation sites is 1. The Kier molecular flexibility index (Phi) is 8.16. The van der Waals surface area contributed by atoms with E-state index in [2.05, 4.69) is 40.6 Å². The van der Waals surface area contributed by atoms with Crippen molar-refractivity contribution < 1.29 is 13.2 Å². The standard InChI is InChI=1S/C29H36N6O3S2/c1-19(2)40(36,37)26-9-7-6-8-24(26)30-27-22-14-17-39-28(22)33-29(32-27)31-23-11-10-21(18-25(23)38-5)35-15-12-20(13-16-35)34(3)4/h6-11,14,17-20H,12-13,15-16H2,1-5H3,(H2,30,31,32,33). The highest BCUT2D eigenvalue weighted by atomic mass is 32.2. The summed E-state index contributed by atoms with van der Waals surface area (Å²) in [4.78, 5) is 15.2. The molecule has 9 nitrogen and oxygen atoms in total. The van der Waals surface area contributed by atoms with Gasteiger partial charge in [-0.15, -0.1) is 11.3 Å². The van der Waals surface area contributed by atoms with Crippen molar-refractivity contribution in [3.05, 3.63) is 53.9 Å². The van der Waals surface area contributed by atoms with Crippen LogP contribution in [0.25, 0.3) is 10.2 Å². The third-order valence-corrected chi connectivity index (χ3v) is 10.4. The van der Waals surface area contributed by atoms with E-state index in [4.69, 9.17) is 14.7 Å². The lowest BCUT2D eigenvalue weighted by molar-refractivity contribution is 0.249. The van der Waals surface area contributed by atoms with Gasteiger partial charge in [-0.1, -0.05) is 12.1 Å². The quantitative estimate of drug-likeness (QED) is 0.251. The molecule has 1 fully saturated rings. The number of nitrogens with zero attached hydrogens (tertiary/aromatic N) is 4. The Morgan fingerprint density at radius 3 is 2.48 bits per heavy atom. The number of benzene rings is 2. The fourth-order valence-corrected chi connectivity index (χ4v) is 6.91. The number of piperidine rings is 1. The summed E-state index contributed by atoms with van der Waals surface area (Å²) < 4.78 is 31.8. The Hall–Kier alpha value is -3.41. The third kappa shape index (κ3) is 5.72. The van der Waals surface area contributed by atoms with E-state index in [0.29, 0.717) is 29.2 Å². The van der Waals surface area contributed by atoms with Crippen LogP contribution in [0.4, 0.5) is 28.8 Å². The molecule has 2 aromatic carbocycles. The first-order chi connectivity index (χ1) is 19.2. The van der Waals surface area contributed by atoms with E-state index in [-0.39, 0.29) is 4.90 Å². The van der Waals surface area contributed by atoms with Gasteiger partial charge in [0.25, 0.3) is 0 Å². The first kappa shape index (κ1) is 28.1. The molecule has 40 heavy (non-hydrogen) atoms. The highest BCUT2D eigenvalue weighted by Crippen LogP contribution is 2.36. The van der Waals surface area contributed by atoms with Crippen LogP contribution in [-0.2, 0) is 9.84 Å². The third-order valence-electron chi connectivity index (χ3n) is 7.38. The van der Waals surface area contributed by atoms with Crippen LogP contribution in [0.15, 0.2) is 58.8 Å². The van der Waals surface area contributed by atoms with E-state index in [0.717, 1.165) is 47.5 Å². The second-order valence-electron chi connectivity index (χ2n) is 10.4. The first-order valence-electron chi connectivity index (χ1n) is 13.4. The molecule has 5 rings (SSSR count). The van der Waals surface area contributed by atoms with Gasteiger partial charge in [0, 0.05) is 30.9 Å². The van der Waals surface area contributed by atoms with Crippen molar-refractivity contribution >= 4 is 60.2 Å². The van der Waals surface area contributed by atoms with E-state index in [1.165, 1.54) is 11.3 Å². The van der Waals surface area contributed by atoms with Gasteiger partial charge in [-0.3, -0.25) is 0 Å². The maximum Gasteiger partial charge on any atom is 0.230 e. The van der Waals surface area contributed by atoms with Crippen molar-refractivity contribution in [1.82, 2.24) is 14.9 Å². The molecule has 3 heterocycles. The fraction of sp³-hybridized carbons (Fsp3) is 0.379. The number of anilines is 5. The highest BCUT2D eigenvalue weighted by molar-refractivity contribution is 7.92. The lowest BCUT2D eigenvalue weighted by Crippen LogP contribution is -2.41. The number of thiophene rings is 1. The van der Waals surface area contributed by atoms with Crippen LogP contribution in [0.1, 0.15) is 26.7 Å². The van der Waals surface area contributed by atoms with Gasteiger partial charge < -0.3 is 25.2 Å². The number of fused-ring (bicyclic) bond motifs is 1. The van der Waals surface area contributed by atoms with E-state index in [9.17, 15) is 8.42 Å². The lowest BCUT2D eigenvalue weighted by Gasteiger charge is -2.36. The number of rotatable bonds is 9. The Morgan fingerprint density at radius 2 is 1.77 bits per heavy atom. The molecule has 2 N–H and O–H groups in total. The van der Waals surface area contributed by atoms with Crippen LogP contribution in [0.5, 0.6) is 5.75 Å². The Morgan fingerprint density at radius 1 is 1.02 bits per heavy atom. The van der Waals surface area contributed by atoms with E-state index in [1.54, 1.807) is 39.2 Å². The van der Waals surface area contributed by atoms with Gasteiger partial charge in [-0.05, 0) is 76.5 Å². The number of nitrogens with one attached hydrogen (secondary N) is 2. The zero-order chi connectivity index (χ0) is 28.4. The molecule has 0 radical (unpaired) electrons. The van der Waals surface area contributed by atoms with E-state index in [1.807, 2.05) is 29.6 Å². The lowest BCUT2D eigenvalue weighted by atomic mass is 10.0. The maximum absolute atomic E-state index is 13.0. The van der Waals surface area contributed by atoms with Gasteiger partial charge in [-0.25, -0.2) is 13.4 Å². The van der Waals surface area contributed by atoms with Gasteiger partial charge in [0.2, 0.25) is 5.95 Å². The van der Waals surface area contributed by atoms with Gasteiger partial charge in [0.15, 0.2) is 9.84 Å². The fourth-order valence-electron chi connectivity index (χ4n) is 4.95. The van der Waals surface area contributed by atoms with E-state index >= 15 is 0 Å². The zero-order valence-electron chi connectivity index (χ0n) is 23.5. The number of hydrogen-bond donors (Lipinski definition) is 2. The summed E-state index contributed by atoms with van der Waals surface area (Å²) in [5.41, 5.74) is 2.35. The molecule has 0 bridgehead atoms. The van der Waals surface area contributed by atoms with Gasteiger partial charge in [-0.2, -0.15) is 4.98 Å². The van der Waals surface area contributed by atoms with Gasteiger partial charge >= 0.3 is 0 Å². The molecule has 2 aromatic heterocycles. The molecule has 1 aliphatic rings. The summed E-state index contributed by atoms with van der Waals surface area (Å²) >= 11 is 1.49. The normalized spacial score (nSPS) is 14.7. The highest BCUT2D eigenvalue weighted by Gasteiger charge is 2.24. The van der Waals surface area contributed by atoms with Gasteiger partial charge in [0.05, 0.1) is 34.0 Å². The average Bonchev–Trinajstić information content (AvgIpc) is 3.42. The molecule has 0 amide bonds. The van der Waals surface area contributed by atoms with Crippen LogP contribution in [-0.4, -0.2) is 68.9 Å². The van der Waals surface area contributed by atoms with Crippen LogP contribution >= 0.6 is 11.3 Å². The Labute approximate surface area is 240 Å². The minimum absolute atomic E-state index is 0.244. The van der Waals surface area contributed by atoms with Crippen LogP contribution in [0.3, 0.4) is 0 Å². The van der Waals surface area contributed by atoms with Crippen molar-refractivity contribution in [2.24, 2.45) is 0 Å². The smallest absolute Gasteiger partial charge is 0.230 e. The number of aromatic nitrogens is 2. The first-order valence-corrected chi connectivity index (χ1v) is 15.8. The molecule has 1 saturated heterocycles. The molecular formula is C29H36N6O3S2. The molecule has 0 spiro atoms. The number of methoxy groups -OCH3 is 1. The van der Waals surface area contributed by atoms with Crippen molar-refractivity contribution in [2.75, 3.05) is 49.8 Å². The molecule has 0 aliphatic carbocycles. The zero-order valence-corrected chi connectivity index (χ0v) is 25.1.